The number of ether oxygens (including phenoxy) is 3. The molecule has 1 unspecified atom stereocenters. The number of anilines is 2. The van der Waals surface area contributed by atoms with Gasteiger partial charge < -0.3 is 24.4 Å². The van der Waals surface area contributed by atoms with Crippen LogP contribution in [0.5, 0.6) is 17.2 Å². The third-order valence-electron chi connectivity index (χ3n) is 5.17. The lowest BCUT2D eigenvalue weighted by Gasteiger charge is -2.33. The Hall–Kier alpha value is -3.71. The van der Waals surface area contributed by atoms with E-state index in [9.17, 15) is 9.59 Å². The number of amides is 2. The standard InChI is InChI=1S/C26H25ClN2O5/c1-18-26(31)29(14-5-15-32-21-6-3-2-4-7-21)23-16-20(10-13-24(23)34-18)28-25(30)17-33-22-11-8-19(27)9-12-22/h2-4,6-13,16,18H,5,14-15,17H2,1H3,(H,28,30). The van der Waals surface area contributed by atoms with Crippen LogP contribution in [0.3, 0.4) is 0 Å². The summed E-state index contributed by atoms with van der Waals surface area (Å²) in [4.78, 5) is 26.9. The van der Waals surface area contributed by atoms with Crippen molar-refractivity contribution in [2.24, 2.45) is 0 Å². The van der Waals surface area contributed by atoms with E-state index in [1.54, 1.807) is 54.3 Å². The van der Waals surface area contributed by atoms with Crippen LogP contribution in [0.4, 0.5) is 11.4 Å². The van der Waals surface area contributed by atoms with Gasteiger partial charge >= 0.3 is 0 Å². The Morgan fingerprint density at radius 2 is 1.76 bits per heavy atom. The Labute approximate surface area is 203 Å². The van der Waals surface area contributed by atoms with Gasteiger partial charge in [-0.3, -0.25) is 9.59 Å². The van der Waals surface area contributed by atoms with Crippen molar-refractivity contribution in [3.8, 4) is 17.2 Å². The molecule has 1 N–H and O–H groups in total. The second-order valence-electron chi connectivity index (χ2n) is 7.74. The van der Waals surface area contributed by atoms with Crippen LogP contribution in [0.15, 0.2) is 72.8 Å². The van der Waals surface area contributed by atoms with E-state index < -0.39 is 6.10 Å². The first kappa shape index (κ1) is 23.4. The van der Waals surface area contributed by atoms with Gasteiger partial charge in [0.25, 0.3) is 11.8 Å². The summed E-state index contributed by atoms with van der Waals surface area (Å²) in [7, 11) is 0. The van der Waals surface area contributed by atoms with E-state index in [-0.39, 0.29) is 18.4 Å². The molecule has 1 heterocycles. The van der Waals surface area contributed by atoms with Crippen LogP contribution in [0.2, 0.25) is 5.02 Å². The molecule has 4 rings (SSSR count). The van der Waals surface area contributed by atoms with Crippen LogP contribution < -0.4 is 24.4 Å². The average molecular weight is 481 g/mol. The van der Waals surface area contributed by atoms with Crippen LogP contribution in [0.1, 0.15) is 13.3 Å². The van der Waals surface area contributed by atoms with Crippen LogP contribution in [0, 0.1) is 0 Å². The van der Waals surface area contributed by atoms with E-state index in [0.717, 1.165) is 5.75 Å². The zero-order chi connectivity index (χ0) is 23.9. The molecular weight excluding hydrogens is 456 g/mol. The number of carbonyl (C=O) groups excluding carboxylic acids is 2. The quantitative estimate of drug-likeness (QED) is 0.439. The minimum Gasteiger partial charge on any atom is -0.494 e. The second kappa shape index (κ2) is 10.9. The molecular formula is C26H25ClN2O5. The third-order valence-corrected chi connectivity index (χ3v) is 5.42. The molecule has 0 fully saturated rings. The van der Waals surface area contributed by atoms with Gasteiger partial charge in [-0.25, -0.2) is 0 Å². The maximum Gasteiger partial charge on any atom is 0.267 e. The summed E-state index contributed by atoms with van der Waals surface area (Å²) >= 11 is 5.86. The molecule has 1 atom stereocenters. The Bertz CT molecular complexity index is 1140. The maximum absolute atomic E-state index is 12.8. The highest BCUT2D eigenvalue weighted by Gasteiger charge is 2.31. The molecule has 3 aromatic carbocycles. The van der Waals surface area contributed by atoms with Crippen molar-refractivity contribution >= 4 is 34.8 Å². The lowest BCUT2D eigenvalue weighted by molar-refractivity contribution is -0.125. The Morgan fingerprint density at radius 1 is 1.03 bits per heavy atom. The molecule has 0 aromatic heterocycles. The maximum atomic E-state index is 12.8. The Kier molecular flexibility index (Phi) is 7.54. The smallest absolute Gasteiger partial charge is 0.267 e. The van der Waals surface area contributed by atoms with Crippen LogP contribution in [-0.2, 0) is 9.59 Å². The molecule has 0 radical (unpaired) electrons. The molecule has 0 spiro atoms. The van der Waals surface area contributed by atoms with Crippen LogP contribution in [-0.4, -0.2) is 37.7 Å². The highest BCUT2D eigenvalue weighted by molar-refractivity contribution is 6.30. The summed E-state index contributed by atoms with van der Waals surface area (Å²) in [6.07, 6.45) is 0.0500. The first-order valence-corrected chi connectivity index (χ1v) is 11.4. The molecule has 8 heteroatoms. The molecule has 0 saturated heterocycles. The molecule has 176 valence electrons. The lowest BCUT2D eigenvalue weighted by Crippen LogP contribution is -2.45. The van der Waals surface area contributed by atoms with Gasteiger partial charge in [-0.2, -0.15) is 0 Å². The highest BCUT2D eigenvalue weighted by atomic mass is 35.5. The highest BCUT2D eigenvalue weighted by Crippen LogP contribution is 2.36. The second-order valence-corrected chi connectivity index (χ2v) is 8.17. The molecule has 3 aromatic rings. The minimum atomic E-state index is -0.587. The fraction of sp³-hybridized carbons (Fsp3) is 0.231. The normalized spacial score (nSPS) is 14.7. The van der Waals surface area contributed by atoms with E-state index in [1.165, 1.54) is 0 Å². The largest absolute Gasteiger partial charge is 0.494 e. The van der Waals surface area contributed by atoms with Crippen molar-refractivity contribution in [3.05, 3.63) is 77.8 Å². The van der Waals surface area contributed by atoms with Gasteiger partial charge in [0.1, 0.15) is 17.2 Å². The number of rotatable bonds is 9. The van der Waals surface area contributed by atoms with E-state index in [0.29, 0.717) is 47.5 Å². The minimum absolute atomic E-state index is 0.137. The molecule has 7 nitrogen and oxygen atoms in total. The topological polar surface area (TPSA) is 77.1 Å². The summed E-state index contributed by atoms with van der Waals surface area (Å²) in [5.41, 5.74) is 1.15. The Balaban J connectivity index is 1.37. The van der Waals surface area contributed by atoms with Crippen LogP contribution >= 0.6 is 11.6 Å². The van der Waals surface area contributed by atoms with E-state index in [2.05, 4.69) is 5.32 Å². The first-order chi connectivity index (χ1) is 16.5. The van der Waals surface area contributed by atoms with Crippen molar-refractivity contribution in [3.63, 3.8) is 0 Å². The summed E-state index contributed by atoms with van der Waals surface area (Å²) < 4.78 is 17.0. The number of hydrogen-bond donors (Lipinski definition) is 1. The summed E-state index contributed by atoms with van der Waals surface area (Å²) in [6, 6.07) is 21.5. The van der Waals surface area contributed by atoms with E-state index in [1.807, 2.05) is 30.3 Å². The molecule has 1 aliphatic heterocycles. The van der Waals surface area contributed by atoms with Gasteiger partial charge in [0, 0.05) is 17.3 Å². The number of hydrogen-bond acceptors (Lipinski definition) is 5. The number of carbonyl (C=O) groups is 2. The van der Waals surface area contributed by atoms with Crippen LogP contribution in [0.25, 0.3) is 0 Å². The zero-order valence-electron chi connectivity index (χ0n) is 18.7. The molecule has 1 aliphatic rings. The van der Waals surface area contributed by atoms with Crippen molar-refractivity contribution in [1.29, 1.82) is 0 Å². The average Bonchev–Trinajstić information content (AvgIpc) is 2.84. The predicted molar refractivity (Wildman–Crippen MR) is 131 cm³/mol. The monoisotopic (exact) mass is 480 g/mol. The number of para-hydroxylation sites is 1. The number of nitrogens with zero attached hydrogens (tertiary/aromatic N) is 1. The Morgan fingerprint density at radius 3 is 2.53 bits per heavy atom. The molecule has 34 heavy (non-hydrogen) atoms. The summed E-state index contributed by atoms with van der Waals surface area (Å²) in [6.45, 7) is 2.49. The van der Waals surface area contributed by atoms with Crippen molar-refractivity contribution < 1.29 is 23.8 Å². The fourth-order valence-electron chi connectivity index (χ4n) is 3.52. The number of benzene rings is 3. The van der Waals surface area contributed by atoms with Gasteiger partial charge in [0.2, 0.25) is 0 Å². The predicted octanol–water partition coefficient (Wildman–Crippen LogP) is 4.94. The number of fused-ring (bicyclic) bond motifs is 1. The SMILES string of the molecule is CC1Oc2ccc(NC(=O)COc3ccc(Cl)cc3)cc2N(CCCOc2ccccc2)C1=O. The third kappa shape index (κ3) is 5.99. The fourth-order valence-corrected chi connectivity index (χ4v) is 3.65. The van der Waals surface area contributed by atoms with Gasteiger partial charge in [-0.15, -0.1) is 0 Å². The van der Waals surface area contributed by atoms with Crippen molar-refractivity contribution in [2.75, 3.05) is 30.0 Å². The van der Waals surface area contributed by atoms with Gasteiger partial charge in [-0.1, -0.05) is 29.8 Å². The van der Waals surface area contributed by atoms with E-state index in [4.69, 9.17) is 25.8 Å². The summed E-state index contributed by atoms with van der Waals surface area (Å²) in [5.74, 6) is 1.46. The first-order valence-electron chi connectivity index (χ1n) is 11.0. The molecule has 2 amide bonds. The molecule has 0 bridgehead atoms. The number of nitrogens with one attached hydrogen (secondary N) is 1. The van der Waals surface area contributed by atoms with Gasteiger partial charge in [0.05, 0.1) is 12.3 Å². The zero-order valence-corrected chi connectivity index (χ0v) is 19.5. The summed E-state index contributed by atoms with van der Waals surface area (Å²) in [5, 5.41) is 3.39. The van der Waals surface area contributed by atoms with Gasteiger partial charge in [0.15, 0.2) is 12.7 Å². The lowest BCUT2D eigenvalue weighted by atomic mass is 10.1. The van der Waals surface area contributed by atoms with Crippen molar-refractivity contribution in [1.82, 2.24) is 0 Å². The van der Waals surface area contributed by atoms with E-state index >= 15 is 0 Å². The molecule has 0 aliphatic carbocycles. The number of halogens is 1. The molecule has 0 saturated carbocycles. The van der Waals surface area contributed by atoms with Crippen molar-refractivity contribution in [2.45, 2.75) is 19.4 Å². The van der Waals surface area contributed by atoms with Gasteiger partial charge in [-0.05, 0) is 67.9 Å².